The Balaban J connectivity index is 0.00000225. The van der Waals surface area contributed by atoms with Crippen LogP contribution in [-0.2, 0) is 11.1 Å². The number of hydrogen-bond donors (Lipinski definition) is 1. The number of aliphatic imine (C=N–C) groups is 1. The number of ether oxygens (including phenoxy) is 1. The number of hydrogen-bond acceptors (Lipinski definition) is 4. The average molecular weight is 251 g/mol. The van der Waals surface area contributed by atoms with Crippen molar-refractivity contribution in [3.05, 3.63) is 18.2 Å². The molecule has 5 nitrogen and oxygen atoms in total. The molecule has 1 unspecified atom stereocenters. The van der Waals surface area contributed by atoms with Crippen LogP contribution in [0, 0.1) is 0 Å². The zero-order valence-electron chi connectivity index (χ0n) is 9.26. The van der Waals surface area contributed by atoms with Crippen LogP contribution in [0.5, 0.6) is 5.75 Å². The molecule has 1 aromatic rings. The molecule has 0 aromatic heterocycles. The van der Waals surface area contributed by atoms with Crippen LogP contribution < -0.4 is 39.4 Å². The molecule has 0 aliphatic rings. The van der Waals surface area contributed by atoms with E-state index in [9.17, 15) is 9.32 Å². The normalized spacial score (nSPS) is 12.8. The molecule has 0 spiro atoms. The maximum Gasteiger partial charge on any atom is 1.00 e. The van der Waals surface area contributed by atoms with Gasteiger partial charge in [-0.25, -0.2) is 4.21 Å². The molecule has 0 fully saturated rings. The van der Waals surface area contributed by atoms with Crippen LogP contribution in [0.25, 0.3) is 0 Å². The summed E-state index contributed by atoms with van der Waals surface area (Å²) in [6, 6.07) is 4.25. The van der Waals surface area contributed by atoms with Gasteiger partial charge >= 0.3 is 29.6 Å². The first-order chi connectivity index (χ1) is 7.04. The van der Waals surface area contributed by atoms with Crippen LogP contribution in [0.15, 0.2) is 28.1 Å². The molecule has 82 valence electrons. The van der Waals surface area contributed by atoms with Crippen LogP contribution in [0.4, 0.5) is 5.69 Å². The minimum atomic E-state index is -2.07. The summed E-state index contributed by atoms with van der Waals surface area (Å²) in [5, 5.41) is 10.8. The van der Waals surface area contributed by atoms with E-state index in [4.69, 9.17) is 9.29 Å². The summed E-state index contributed by atoms with van der Waals surface area (Å²) in [6.45, 7) is 1.32. The molecule has 0 aliphatic heterocycles. The summed E-state index contributed by atoms with van der Waals surface area (Å²) in [4.78, 5) is 3.89. The Labute approximate surface area is 118 Å². The van der Waals surface area contributed by atoms with Gasteiger partial charge in [-0.05, 0) is 25.0 Å². The molecular weight excluding hydrogens is 241 g/mol. The van der Waals surface area contributed by atoms with Gasteiger partial charge in [-0.1, -0.05) is 0 Å². The second kappa shape index (κ2) is 7.03. The molecule has 1 aromatic carbocycles. The number of rotatable bonds is 3. The van der Waals surface area contributed by atoms with E-state index >= 15 is 0 Å². The van der Waals surface area contributed by atoms with E-state index < -0.39 is 11.1 Å². The standard InChI is InChI=1S/C9H11NO4S.Na/c1-6(11)10-8-4-3-7(15(12)13)5-9(8)14-2;/h3-5H,1-2H3,(H,10,11)(H,12,13);/q;+1/p-1. The smallest absolute Gasteiger partial charge is 0.862 e. The minimum Gasteiger partial charge on any atom is -0.862 e. The molecule has 0 saturated carbocycles. The Kier molecular flexibility index (Phi) is 6.85. The van der Waals surface area contributed by atoms with E-state index in [1.54, 1.807) is 0 Å². The first-order valence-corrected chi connectivity index (χ1v) is 5.16. The van der Waals surface area contributed by atoms with Crippen molar-refractivity contribution >= 4 is 22.7 Å². The topological polar surface area (TPSA) is 82.0 Å². The summed E-state index contributed by atoms with van der Waals surface area (Å²) in [6.07, 6.45) is 0. The van der Waals surface area contributed by atoms with Crippen molar-refractivity contribution in [3.63, 3.8) is 0 Å². The van der Waals surface area contributed by atoms with E-state index in [-0.39, 0.29) is 40.4 Å². The molecule has 1 N–H and O–H groups in total. The third-order valence-electron chi connectivity index (χ3n) is 1.63. The zero-order chi connectivity index (χ0) is 11.4. The fourth-order valence-corrected chi connectivity index (χ4v) is 1.42. The summed E-state index contributed by atoms with van der Waals surface area (Å²) < 4.78 is 24.5. The molecule has 1 atom stereocenters. The predicted octanol–water partition coefficient (Wildman–Crippen LogP) is -2.31. The van der Waals surface area contributed by atoms with Crippen molar-refractivity contribution in [1.29, 1.82) is 0 Å². The van der Waals surface area contributed by atoms with Crippen molar-refractivity contribution in [2.75, 3.05) is 7.11 Å². The van der Waals surface area contributed by atoms with Gasteiger partial charge in [0.25, 0.3) is 0 Å². The first kappa shape index (κ1) is 15.6. The van der Waals surface area contributed by atoms with Crippen molar-refractivity contribution in [3.8, 4) is 5.75 Å². The Morgan fingerprint density at radius 1 is 1.56 bits per heavy atom. The fraction of sp³-hybridized carbons (Fsp3) is 0.222. The molecule has 1 rings (SSSR count). The average Bonchev–Trinajstić information content (AvgIpc) is 2.17. The number of benzene rings is 1. The Morgan fingerprint density at radius 2 is 2.19 bits per heavy atom. The SMILES string of the molecule is COc1cc(S(=O)O)ccc1N=C(C)[O-].[Na+]. The predicted molar refractivity (Wildman–Crippen MR) is 54.8 cm³/mol. The third kappa shape index (κ3) is 4.23. The quantitative estimate of drug-likeness (QED) is 0.283. The Morgan fingerprint density at radius 3 is 2.62 bits per heavy atom. The summed E-state index contributed by atoms with van der Waals surface area (Å²) in [5.74, 6) is -0.0590. The maximum atomic E-state index is 10.8. The van der Waals surface area contributed by atoms with Gasteiger partial charge in [0.1, 0.15) is 11.4 Å². The molecule has 0 radical (unpaired) electrons. The Hall–Kier alpha value is -0.400. The van der Waals surface area contributed by atoms with Gasteiger partial charge in [0.15, 0.2) is 11.1 Å². The van der Waals surface area contributed by atoms with Crippen molar-refractivity contribution in [2.45, 2.75) is 11.8 Å². The van der Waals surface area contributed by atoms with E-state index in [1.807, 2.05) is 0 Å². The molecule has 7 heteroatoms. The van der Waals surface area contributed by atoms with Crippen molar-refractivity contribution in [1.82, 2.24) is 0 Å². The molecule has 0 bridgehead atoms. The minimum absolute atomic E-state index is 0. The molecule has 16 heavy (non-hydrogen) atoms. The van der Waals surface area contributed by atoms with Crippen LogP contribution in [-0.4, -0.2) is 21.8 Å². The van der Waals surface area contributed by atoms with E-state index in [0.29, 0.717) is 11.4 Å². The Bertz CT molecular complexity index is 418. The van der Waals surface area contributed by atoms with E-state index in [1.165, 1.54) is 32.2 Å². The van der Waals surface area contributed by atoms with E-state index in [2.05, 4.69) is 4.99 Å². The van der Waals surface area contributed by atoms with Gasteiger partial charge in [0, 0.05) is 6.07 Å². The van der Waals surface area contributed by atoms with Crippen molar-refractivity contribution < 1.29 is 48.2 Å². The number of nitrogens with zero attached hydrogens (tertiary/aromatic N) is 1. The largest absolute Gasteiger partial charge is 1.00 e. The molecule has 0 saturated heterocycles. The second-order valence-corrected chi connectivity index (χ2v) is 3.68. The van der Waals surface area contributed by atoms with Crippen LogP contribution in [0.2, 0.25) is 0 Å². The third-order valence-corrected chi connectivity index (χ3v) is 2.29. The van der Waals surface area contributed by atoms with Gasteiger partial charge in [-0.15, -0.1) is 0 Å². The summed E-state index contributed by atoms with van der Waals surface area (Å²) >= 11 is -2.07. The first-order valence-electron chi connectivity index (χ1n) is 4.06. The van der Waals surface area contributed by atoms with Crippen LogP contribution in [0.3, 0.4) is 0 Å². The molecule has 0 aliphatic carbocycles. The van der Waals surface area contributed by atoms with Gasteiger partial charge < -0.3 is 14.4 Å². The summed E-state index contributed by atoms with van der Waals surface area (Å²) in [5.41, 5.74) is 0.346. The van der Waals surface area contributed by atoms with Gasteiger partial charge in [-0.3, -0.25) is 4.99 Å². The molecule has 0 heterocycles. The van der Waals surface area contributed by atoms with Crippen LogP contribution in [0.1, 0.15) is 6.92 Å². The molecular formula is C9H10NNaO4S. The zero-order valence-corrected chi connectivity index (χ0v) is 12.1. The van der Waals surface area contributed by atoms with E-state index in [0.717, 1.165) is 0 Å². The fourth-order valence-electron chi connectivity index (χ4n) is 1.03. The van der Waals surface area contributed by atoms with Gasteiger partial charge in [-0.2, -0.15) is 0 Å². The second-order valence-electron chi connectivity index (χ2n) is 2.71. The maximum absolute atomic E-state index is 10.8. The summed E-state index contributed by atoms with van der Waals surface area (Å²) in [7, 11) is 1.40. The van der Waals surface area contributed by atoms with Crippen LogP contribution >= 0.6 is 0 Å². The van der Waals surface area contributed by atoms with Gasteiger partial charge in [0.05, 0.1) is 12.0 Å². The van der Waals surface area contributed by atoms with Crippen molar-refractivity contribution in [2.24, 2.45) is 4.99 Å². The number of methoxy groups -OCH3 is 1. The van der Waals surface area contributed by atoms with Gasteiger partial charge in [0.2, 0.25) is 0 Å². The molecule has 0 amide bonds. The monoisotopic (exact) mass is 251 g/mol.